The largest absolute Gasteiger partial charge is 0.449 e. The van der Waals surface area contributed by atoms with Crippen molar-refractivity contribution < 1.29 is 23.9 Å². The minimum atomic E-state index is -0.962. The van der Waals surface area contributed by atoms with Gasteiger partial charge in [-0.1, -0.05) is 111 Å². The lowest BCUT2D eigenvalue weighted by atomic mass is 9.98. The maximum Gasteiger partial charge on any atom is 0.407 e. The fraction of sp³-hybridized carbons (Fsp3) is 0.250. The van der Waals surface area contributed by atoms with Crippen molar-refractivity contribution in [2.45, 2.75) is 31.7 Å². The van der Waals surface area contributed by atoms with Crippen molar-refractivity contribution in [3.8, 4) is 22.3 Å². The van der Waals surface area contributed by atoms with Crippen LogP contribution in [-0.2, 0) is 14.3 Å². The predicted octanol–water partition coefficient (Wildman–Crippen LogP) is 6.66. The Hall–Kier alpha value is -4.91. The molecule has 1 atom stereocenters. The number of fused-ring (bicyclic) bond motifs is 6. The smallest absolute Gasteiger partial charge is 0.407 e. The molecule has 0 saturated heterocycles. The number of nitrogens with one attached hydrogen (secondary N) is 2. The van der Waals surface area contributed by atoms with Gasteiger partial charge in [-0.05, 0) is 44.5 Å². The van der Waals surface area contributed by atoms with Crippen LogP contribution in [0.5, 0.6) is 0 Å². The van der Waals surface area contributed by atoms with Gasteiger partial charge in [-0.2, -0.15) is 0 Å². The number of ether oxygens (including phenoxy) is 2. The molecular weight excluding hydrogens is 540 g/mol. The summed E-state index contributed by atoms with van der Waals surface area (Å²) in [6.07, 6.45) is -1.37. The molecule has 0 aliphatic heterocycles. The van der Waals surface area contributed by atoms with Gasteiger partial charge in [0.15, 0.2) is 5.78 Å². The molecule has 0 radical (unpaired) electrons. The lowest BCUT2D eigenvalue weighted by Gasteiger charge is -2.21. The monoisotopic (exact) mass is 574 g/mol. The Balaban J connectivity index is 1.06. The SMILES string of the molecule is CC(C)C(=O)[C@H](CNC(=O)OCC1c2ccccc2-c2ccccc21)NC(=O)OCC1c2ccccc2-c2ccccc21. The van der Waals surface area contributed by atoms with Crippen molar-refractivity contribution in [2.24, 2.45) is 5.92 Å². The van der Waals surface area contributed by atoms with Crippen molar-refractivity contribution in [2.75, 3.05) is 19.8 Å². The number of rotatable bonds is 9. The van der Waals surface area contributed by atoms with Crippen LogP contribution in [0.1, 0.15) is 47.9 Å². The number of ketones is 1. The average molecular weight is 575 g/mol. The van der Waals surface area contributed by atoms with Gasteiger partial charge in [-0.15, -0.1) is 0 Å². The molecule has 0 spiro atoms. The van der Waals surface area contributed by atoms with Crippen molar-refractivity contribution in [3.63, 3.8) is 0 Å². The standard InChI is InChI=1S/C36H34N2O5/c1-22(2)34(39)33(38-36(41)43-21-32-29-17-9-5-13-25(29)26-14-6-10-18-30(26)32)19-37-35(40)42-20-31-27-15-7-3-11-23(27)24-12-4-8-16-28(24)31/h3-18,22,31-33H,19-21H2,1-2H3,(H,37,40)(H,38,41)/t33-/m0/s1. The van der Waals surface area contributed by atoms with E-state index in [2.05, 4.69) is 47.0 Å². The van der Waals surface area contributed by atoms with Crippen molar-refractivity contribution in [3.05, 3.63) is 119 Å². The highest BCUT2D eigenvalue weighted by Gasteiger charge is 2.31. The maximum absolute atomic E-state index is 13.0. The Morgan fingerprint density at radius 2 is 0.977 bits per heavy atom. The first-order valence-corrected chi connectivity index (χ1v) is 14.7. The molecular formula is C36H34N2O5. The molecule has 0 heterocycles. The molecule has 6 rings (SSSR count). The van der Waals surface area contributed by atoms with Gasteiger partial charge in [0.25, 0.3) is 0 Å². The van der Waals surface area contributed by atoms with E-state index < -0.39 is 18.2 Å². The van der Waals surface area contributed by atoms with Gasteiger partial charge >= 0.3 is 12.2 Å². The minimum Gasteiger partial charge on any atom is -0.449 e. The van der Waals surface area contributed by atoms with E-state index in [1.165, 1.54) is 0 Å². The normalized spacial score (nSPS) is 13.8. The van der Waals surface area contributed by atoms with Crippen LogP contribution >= 0.6 is 0 Å². The molecule has 0 unspecified atom stereocenters. The summed E-state index contributed by atoms with van der Waals surface area (Å²) in [5, 5.41) is 5.33. The van der Waals surface area contributed by atoms with Gasteiger partial charge in [-0.25, -0.2) is 9.59 Å². The van der Waals surface area contributed by atoms with E-state index in [0.29, 0.717) is 0 Å². The second kappa shape index (κ2) is 12.1. The van der Waals surface area contributed by atoms with Crippen LogP contribution in [0.15, 0.2) is 97.1 Å². The first-order chi connectivity index (χ1) is 20.9. The minimum absolute atomic E-state index is 0.0785. The summed E-state index contributed by atoms with van der Waals surface area (Å²) in [7, 11) is 0. The van der Waals surface area contributed by atoms with Gasteiger partial charge in [-0.3, -0.25) is 4.79 Å². The zero-order chi connectivity index (χ0) is 29.9. The van der Waals surface area contributed by atoms with Gasteiger partial charge in [0, 0.05) is 24.3 Å². The summed E-state index contributed by atoms with van der Waals surface area (Å²) >= 11 is 0. The molecule has 0 aromatic heterocycles. The van der Waals surface area contributed by atoms with Crippen LogP contribution in [0.25, 0.3) is 22.3 Å². The number of Topliss-reactive ketones (excluding diaryl/α,β-unsaturated/α-hetero) is 1. The molecule has 2 N–H and O–H groups in total. The van der Waals surface area contributed by atoms with Crippen molar-refractivity contribution >= 4 is 18.0 Å². The van der Waals surface area contributed by atoms with Crippen LogP contribution in [0.4, 0.5) is 9.59 Å². The lowest BCUT2D eigenvalue weighted by molar-refractivity contribution is -0.123. The third-order valence-electron chi connectivity index (χ3n) is 8.34. The molecule has 4 aromatic carbocycles. The number of hydrogen-bond acceptors (Lipinski definition) is 5. The van der Waals surface area contributed by atoms with Crippen LogP contribution in [0.2, 0.25) is 0 Å². The molecule has 7 nitrogen and oxygen atoms in total. The summed E-state index contributed by atoms with van der Waals surface area (Å²) in [6, 6.07) is 31.4. The predicted molar refractivity (Wildman–Crippen MR) is 165 cm³/mol. The number of amides is 2. The van der Waals surface area contributed by atoms with E-state index in [0.717, 1.165) is 44.5 Å². The highest BCUT2D eigenvalue weighted by atomic mass is 16.6. The van der Waals surface area contributed by atoms with Crippen molar-refractivity contribution in [1.29, 1.82) is 0 Å². The second-order valence-electron chi connectivity index (χ2n) is 11.3. The van der Waals surface area contributed by atoms with E-state index in [9.17, 15) is 14.4 Å². The Labute approximate surface area is 251 Å². The zero-order valence-electron chi connectivity index (χ0n) is 24.2. The topological polar surface area (TPSA) is 93.7 Å². The molecule has 218 valence electrons. The summed E-state index contributed by atoms with van der Waals surface area (Å²) in [5.74, 6) is -0.753. The highest BCUT2D eigenvalue weighted by Crippen LogP contribution is 2.45. The molecule has 4 aromatic rings. The maximum atomic E-state index is 13.0. The highest BCUT2D eigenvalue weighted by molar-refractivity contribution is 5.89. The van der Waals surface area contributed by atoms with E-state index in [1.54, 1.807) is 13.8 Å². The van der Waals surface area contributed by atoms with Gasteiger partial charge in [0.2, 0.25) is 0 Å². The van der Waals surface area contributed by atoms with E-state index in [4.69, 9.17) is 9.47 Å². The number of alkyl carbamates (subject to hydrolysis) is 2. The summed E-state index contributed by atoms with van der Waals surface area (Å²) in [6.45, 7) is 3.67. The average Bonchev–Trinajstić information content (AvgIpc) is 3.53. The first-order valence-electron chi connectivity index (χ1n) is 14.7. The third kappa shape index (κ3) is 5.63. The molecule has 0 bridgehead atoms. The number of carbonyl (C=O) groups excluding carboxylic acids is 3. The van der Waals surface area contributed by atoms with E-state index in [1.807, 2.05) is 60.7 Å². The summed E-state index contributed by atoms with van der Waals surface area (Å²) < 4.78 is 11.3. The van der Waals surface area contributed by atoms with E-state index in [-0.39, 0.29) is 43.3 Å². The Morgan fingerprint density at radius 1 is 0.605 bits per heavy atom. The molecule has 43 heavy (non-hydrogen) atoms. The second-order valence-corrected chi connectivity index (χ2v) is 11.3. The molecule has 2 aliphatic carbocycles. The fourth-order valence-electron chi connectivity index (χ4n) is 6.24. The summed E-state index contributed by atoms with van der Waals surface area (Å²) in [4.78, 5) is 38.6. The van der Waals surface area contributed by atoms with E-state index >= 15 is 0 Å². The van der Waals surface area contributed by atoms with Crippen LogP contribution in [-0.4, -0.2) is 43.8 Å². The van der Waals surface area contributed by atoms with Crippen LogP contribution in [0, 0.1) is 5.92 Å². The molecule has 2 aliphatic rings. The molecule has 0 fully saturated rings. The van der Waals surface area contributed by atoms with Gasteiger partial charge < -0.3 is 20.1 Å². The number of carbonyl (C=O) groups is 3. The Kier molecular flexibility index (Phi) is 7.97. The van der Waals surface area contributed by atoms with Crippen LogP contribution < -0.4 is 10.6 Å². The number of hydrogen-bond donors (Lipinski definition) is 2. The Morgan fingerprint density at radius 3 is 1.37 bits per heavy atom. The summed E-state index contributed by atoms with van der Waals surface area (Å²) in [5.41, 5.74) is 8.97. The van der Waals surface area contributed by atoms with Crippen molar-refractivity contribution in [1.82, 2.24) is 10.6 Å². The first kappa shape index (κ1) is 28.2. The molecule has 7 heteroatoms. The van der Waals surface area contributed by atoms with Gasteiger partial charge in [0.1, 0.15) is 19.3 Å². The quantitative estimate of drug-likeness (QED) is 0.233. The molecule has 2 amide bonds. The van der Waals surface area contributed by atoms with Gasteiger partial charge in [0.05, 0.1) is 0 Å². The zero-order valence-corrected chi connectivity index (χ0v) is 24.2. The Bertz CT molecular complexity index is 1590. The lowest BCUT2D eigenvalue weighted by Crippen LogP contribution is -2.50. The fourth-order valence-corrected chi connectivity index (χ4v) is 6.24. The number of benzene rings is 4. The third-order valence-corrected chi connectivity index (χ3v) is 8.34. The molecule has 0 saturated carbocycles. The van der Waals surface area contributed by atoms with Crippen LogP contribution in [0.3, 0.4) is 0 Å².